The largest absolute Gasteiger partial charge is 0.356 e. The van der Waals surface area contributed by atoms with Gasteiger partial charge in [-0.25, -0.2) is 0 Å². The van der Waals surface area contributed by atoms with Crippen LogP contribution in [0, 0.1) is 34.5 Å². The van der Waals surface area contributed by atoms with Gasteiger partial charge in [0.05, 0.1) is 11.5 Å². The van der Waals surface area contributed by atoms with E-state index in [4.69, 9.17) is 0 Å². The molecule has 2 aliphatic rings. The number of fused-ring (bicyclic) bond motifs is 1. The fourth-order valence-electron chi connectivity index (χ4n) is 2.83. The molecule has 0 spiro atoms. The third-order valence-electron chi connectivity index (χ3n) is 3.98. The fraction of sp³-hybridized carbons (Fsp3) is 0.818. The lowest BCUT2D eigenvalue weighted by Gasteiger charge is -2.26. The third-order valence-corrected chi connectivity index (χ3v) is 3.98. The second-order valence-corrected chi connectivity index (χ2v) is 4.94. The van der Waals surface area contributed by atoms with Crippen LogP contribution in [-0.4, -0.2) is 12.5 Å². The minimum absolute atomic E-state index is 0.108. The molecule has 0 aromatic rings. The fourth-order valence-corrected chi connectivity index (χ4v) is 2.83. The van der Waals surface area contributed by atoms with Gasteiger partial charge in [0.15, 0.2) is 0 Å². The zero-order valence-corrected chi connectivity index (χ0v) is 8.71. The summed E-state index contributed by atoms with van der Waals surface area (Å²) in [5.41, 5.74) is -0.243. The van der Waals surface area contributed by atoms with Gasteiger partial charge in [-0.1, -0.05) is 13.8 Å². The number of rotatable bonds is 1. The first-order valence-corrected chi connectivity index (χ1v) is 5.28. The number of amides is 1. The maximum Gasteiger partial charge on any atom is 0.223 e. The third kappa shape index (κ3) is 1.13. The Hall–Kier alpha value is -1.04. The maximum absolute atomic E-state index is 11.5. The summed E-state index contributed by atoms with van der Waals surface area (Å²) < 4.78 is 0. The molecule has 1 saturated heterocycles. The van der Waals surface area contributed by atoms with Crippen LogP contribution in [0.2, 0.25) is 0 Å². The lowest BCUT2D eigenvalue weighted by Crippen LogP contribution is -2.27. The summed E-state index contributed by atoms with van der Waals surface area (Å²) in [6.07, 6.45) is 1.66. The molecule has 1 heterocycles. The number of nitrogens with zero attached hydrogens (tertiary/aromatic N) is 1. The molecule has 3 atom stereocenters. The van der Waals surface area contributed by atoms with Gasteiger partial charge in [0, 0.05) is 12.5 Å². The van der Waals surface area contributed by atoms with E-state index in [9.17, 15) is 10.1 Å². The average Bonchev–Trinajstić information content (AvgIpc) is 2.66. The van der Waals surface area contributed by atoms with Crippen LogP contribution in [0.5, 0.6) is 0 Å². The molecule has 3 unspecified atom stereocenters. The second kappa shape index (κ2) is 2.98. The van der Waals surface area contributed by atoms with Crippen molar-refractivity contribution in [2.24, 2.45) is 23.2 Å². The highest BCUT2D eigenvalue weighted by molar-refractivity contribution is 5.81. The summed E-state index contributed by atoms with van der Waals surface area (Å²) in [5.74, 6) is 1.03. The molecular formula is C11H16N2O. The molecule has 3 nitrogen and oxygen atoms in total. The van der Waals surface area contributed by atoms with Crippen LogP contribution in [0.15, 0.2) is 0 Å². The van der Waals surface area contributed by atoms with Crippen LogP contribution >= 0.6 is 0 Å². The highest BCUT2D eigenvalue weighted by Crippen LogP contribution is 2.51. The predicted octanol–water partition coefficient (Wildman–Crippen LogP) is 1.31. The molecule has 0 aromatic carbocycles. The van der Waals surface area contributed by atoms with Gasteiger partial charge in [0.2, 0.25) is 5.91 Å². The number of carbonyl (C=O) groups excluding carboxylic acids is 1. The van der Waals surface area contributed by atoms with E-state index in [2.05, 4.69) is 25.2 Å². The van der Waals surface area contributed by atoms with Crippen molar-refractivity contribution in [2.75, 3.05) is 6.54 Å². The molecule has 2 fully saturated rings. The van der Waals surface area contributed by atoms with Gasteiger partial charge in [-0.3, -0.25) is 4.79 Å². The minimum atomic E-state index is -0.243. The zero-order chi connectivity index (χ0) is 10.3. The summed E-state index contributed by atoms with van der Waals surface area (Å²) in [5, 5.41) is 12.1. The molecule has 1 N–H and O–H groups in total. The smallest absolute Gasteiger partial charge is 0.223 e. The van der Waals surface area contributed by atoms with E-state index in [1.165, 1.54) is 0 Å². The van der Waals surface area contributed by atoms with Crippen LogP contribution in [0.25, 0.3) is 0 Å². The highest BCUT2D eigenvalue weighted by atomic mass is 16.2. The van der Waals surface area contributed by atoms with Crippen LogP contribution in [0.1, 0.15) is 26.7 Å². The van der Waals surface area contributed by atoms with E-state index < -0.39 is 0 Å². The van der Waals surface area contributed by atoms with Crippen LogP contribution < -0.4 is 5.32 Å². The Kier molecular flexibility index (Phi) is 2.02. The summed E-state index contributed by atoms with van der Waals surface area (Å²) in [6, 6.07) is 2.45. The maximum atomic E-state index is 11.5. The molecule has 76 valence electrons. The van der Waals surface area contributed by atoms with Gasteiger partial charge < -0.3 is 5.32 Å². The lowest BCUT2D eigenvalue weighted by molar-refractivity contribution is -0.122. The Morgan fingerprint density at radius 1 is 1.57 bits per heavy atom. The van der Waals surface area contributed by atoms with E-state index >= 15 is 0 Å². The molecule has 0 aromatic heterocycles. The van der Waals surface area contributed by atoms with E-state index in [1.54, 1.807) is 0 Å². The molecule has 14 heavy (non-hydrogen) atoms. The van der Waals surface area contributed by atoms with Gasteiger partial charge in [-0.15, -0.1) is 0 Å². The zero-order valence-electron chi connectivity index (χ0n) is 8.71. The first kappa shape index (κ1) is 9.51. The van der Waals surface area contributed by atoms with Crippen molar-refractivity contribution in [3.8, 4) is 6.07 Å². The normalized spacial score (nSPS) is 40.9. The Morgan fingerprint density at radius 2 is 2.29 bits per heavy atom. The number of nitrogens with one attached hydrogen (secondary N) is 1. The van der Waals surface area contributed by atoms with E-state index in [1.807, 2.05) is 0 Å². The summed E-state index contributed by atoms with van der Waals surface area (Å²) in [4.78, 5) is 11.5. The molecule has 1 aliphatic heterocycles. The Balaban J connectivity index is 2.22. The SMILES string of the molecule is CC(C)C1(C#N)CC2CNC(=O)C2C1. The number of nitriles is 1. The molecule has 0 bridgehead atoms. The quantitative estimate of drug-likeness (QED) is 0.681. The topological polar surface area (TPSA) is 52.9 Å². The van der Waals surface area contributed by atoms with Crippen molar-refractivity contribution in [1.29, 1.82) is 5.26 Å². The molecule has 1 aliphatic carbocycles. The summed E-state index contributed by atoms with van der Waals surface area (Å²) in [6.45, 7) is 4.95. The van der Waals surface area contributed by atoms with Crippen molar-refractivity contribution >= 4 is 5.91 Å². The molecule has 1 saturated carbocycles. The van der Waals surface area contributed by atoms with E-state index in [-0.39, 0.29) is 17.2 Å². The second-order valence-electron chi connectivity index (χ2n) is 4.94. The van der Waals surface area contributed by atoms with Crippen LogP contribution in [-0.2, 0) is 4.79 Å². The van der Waals surface area contributed by atoms with Crippen molar-refractivity contribution in [2.45, 2.75) is 26.7 Å². The van der Waals surface area contributed by atoms with Crippen molar-refractivity contribution in [1.82, 2.24) is 5.32 Å². The first-order valence-electron chi connectivity index (χ1n) is 5.28. The van der Waals surface area contributed by atoms with Crippen molar-refractivity contribution in [3.63, 3.8) is 0 Å². The summed E-state index contributed by atoms with van der Waals surface area (Å²) >= 11 is 0. The molecule has 2 rings (SSSR count). The Labute approximate surface area is 84.5 Å². The highest BCUT2D eigenvalue weighted by Gasteiger charge is 2.52. The molecule has 0 radical (unpaired) electrons. The van der Waals surface area contributed by atoms with Gasteiger partial charge in [0.25, 0.3) is 0 Å². The lowest BCUT2D eigenvalue weighted by atomic mass is 9.76. The predicted molar refractivity (Wildman–Crippen MR) is 52.1 cm³/mol. The minimum Gasteiger partial charge on any atom is -0.356 e. The van der Waals surface area contributed by atoms with Crippen molar-refractivity contribution < 1.29 is 4.79 Å². The molecule has 1 amide bonds. The number of hydrogen-bond acceptors (Lipinski definition) is 2. The Bertz CT molecular complexity index is 305. The first-order chi connectivity index (χ1) is 6.59. The monoisotopic (exact) mass is 192 g/mol. The van der Waals surface area contributed by atoms with Gasteiger partial charge >= 0.3 is 0 Å². The van der Waals surface area contributed by atoms with Crippen molar-refractivity contribution in [3.05, 3.63) is 0 Å². The van der Waals surface area contributed by atoms with E-state index in [0.717, 1.165) is 19.4 Å². The van der Waals surface area contributed by atoms with E-state index in [0.29, 0.717) is 11.8 Å². The molecular weight excluding hydrogens is 176 g/mol. The number of hydrogen-bond donors (Lipinski definition) is 1. The average molecular weight is 192 g/mol. The van der Waals surface area contributed by atoms with Gasteiger partial charge in [0.1, 0.15) is 0 Å². The Morgan fingerprint density at radius 3 is 2.79 bits per heavy atom. The van der Waals surface area contributed by atoms with Crippen LogP contribution in [0.4, 0.5) is 0 Å². The van der Waals surface area contributed by atoms with Gasteiger partial charge in [-0.2, -0.15) is 5.26 Å². The summed E-state index contributed by atoms with van der Waals surface area (Å²) in [7, 11) is 0. The standard InChI is InChI=1S/C11H16N2O/c1-7(2)11(6-12)3-8-5-13-10(14)9(8)4-11/h7-9H,3-5H2,1-2H3,(H,13,14). The molecule has 3 heteroatoms. The van der Waals surface area contributed by atoms with Gasteiger partial charge in [-0.05, 0) is 24.7 Å². The van der Waals surface area contributed by atoms with Crippen LogP contribution in [0.3, 0.4) is 0 Å². The number of carbonyl (C=O) groups is 1.